The Morgan fingerprint density at radius 1 is 1.42 bits per heavy atom. The highest BCUT2D eigenvalue weighted by Crippen LogP contribution is 2.32. The number of methoxy groups -OCH3 is 1. The van der Waals surface area contributed by atoms with Gasteiger partial charge in [0.2, 0.25) is 5.91 Å². The summed E-state index contributed by atoms with van der Waals surface area (Å²) in [6, 6.07) is 5.69. The van der Waals surface area contributed by atoms with E-state index in [0.29, 0.717) is 5.75 Å². The highest BCUT2D eigenvalue weighted by atomic mass is 79.9. The van der Waals surface area contributed by atoms with Gasteiger partial charge in [0.05, 0.1) is 12.8 Å². The van der Waals surface area contributed by atoms with Gasteiger partial charge in [-0.2, -0.15) is 0 Å². The van der Waals surface area contributed by atoms with Crippen LogP contribution < -0.4 is 15.0 Å². The van der Waals surface area contributed by atoms with Crippen molar-refractivity contribution in [1.29, 1.82) is 0 Å². The average Bonchev–Trinajstić information content (AvgIpc) is 2.46. The van der Waals surface area contributed by atoms with Crippen molar-refractivity contribution in [3.63, 3.8) is 0 Å². The van der Waals surface area contributed by atoms with Gasteiger partial charge >= 0.3 is 0 Å². The molecule has 19 heavy (non-hydrogen) atoms. The quantitative estimate of drug-likeness (QED) is 0.927. The van der Waals surface area contributed by atoms with E-state index >= 15 is 0 Å². The Kier molecular flexibility index (Phi) is 4.82. The van der Waals surface area contributed by atoms with Gasteiger partial charge in [0.1, 0.15) is 5.75 Å². The van der Waals surface area contributed by atoms with Crippen LogP contribution in [0.3, 0.4) is 0 Å². The van der Waals surface area contributed by atoms with Gasteiger partial charge in [0.25, 0.3) is 0 Å². The molecule has 1 aromatic rings. The van der Waals surface area contributed by atoms with E-state index in [1.807, 2.05) is 25.2 Å². The second-order valence-corrected chi connectivity index (χ2v) is 5.65. The van der Waals surface area contributed by atoms with Crippen LogP contribution in [0.1, 0.15) is 12.8 Å². The van der Waals surface area contributed by atoms with Gasteiger partial charge in [-0.15, -0.1) is 0 Å². The van der Waals surface area contributed by atoms with Gasteiger partial charge in [-0.3, -0.25) is 4.79 Å². The molecule has 4 nitrogen and oxygen atoms in total. The normalized spacial score (nSPS) is 16.2. The third-order valence-electron chi connectivity index (χ3n) is 3.52. The number of hydrogen-bond acceptors (Lipinski definition) is 3. The van der Waals surface area contributed by atoms with Crippen molar-refractivity contribution in [2.45, 2.75) is 12.8 Å². The van der Waals surface area contributed by atoms with Gasteiger partial charge in [-0.1, -0.05) is 15.9 Å². The van der Waals surface area contributed by atoms with E-state index in [1.165, 1.54) is 0 Å². The maximum absolute atomic E-state index is 12.5. The highest BCUT2D eigenvalue weighted by molar-refractivity contribution is 9.10. The summed E-state index contributed by atoms with van der Waals surface area (Å²) in [6.07, 6.45) is 1.80. The molecule has 0 spiro atoms. The molecule has 0 unspecified atom stereocenters. The summed E-state index contributed by atoms with van der Waals surface area (Å²) in [4.78, 5) is 14.2. The van der Waals surface area contributed by atoms with Crippen LogP contribution in [0.4, 0.5) is 5.69 Å². The molecule has 5 heteroatoms. The van der Waals surface area contributed by atoms with Crippen molar-refractivity contribution in [2.75, 3.05) is 32.1 Å². The van der Waals surface area contributed by atoms with Crippen LogP contribution in [0, 0.1) is 5.92 Å². The lowest BCUT2D eigenvalue weighted by molar-refractivity contribution is -0.122. The molecule has 2 rings (SSSR count). The van der Waals surface area contributed by atoms with Crippen LogP contribution in [-0.2, 0) is 4.79 Å². The zero-order chi connectivity index (χ0) is 13.8. The van der Waals surface area contributed by atoms with Crippen molar-refractivity contribution in [3.8, 4) is 5.75 Å². The van der Waals surface area contributed by atoms with E-state index in [1.54, 1.807) is 12.0 Å². The van der Waals surface area contributed by atoms with Crippen LogP contribution >= 0.6 is 15.9 Å². The summed E-state index contributed by atoms with van der Waals surface area (Å²) in [5.74, 6) is 0.987. The molecule has 1 fully saturated rings. The van der Waals surface area contributed by atoms with Crippen molar-refractivity contribution in [1.82, 2.24) is 5.32 Å². The van der Waals surface area contributed by atoms with Crippen LogP contribution in [0.5, 0.6) is 5.75 Å². The maximum Gasteiger partial charge on any atom is 0.230 e. The lowest BCUT2D eigenvalue weighted by atomic mass is 9.96. The van der Waals surface area contributed by atoms with E-state index in [9.17, 15) is 4.79 Å². The van der Waals surface area contributed by atoms with E-state index in [-0.39, 0.29) is 11.8 Å². The topological polar surface area (TPSA) is 41.6 Å². The van der Waals surface area contributed by atoms with Crippen molar-refractivity contribution >= 4 is 27.5 Å². The zero-order valence-electron chi connectivity index (χ0n) is 11.3. The third-order valence-corrected chi connectivity index (χ3v) is 4.01. The molecule has 1 amide bonds. The fourth-order valence-corrected chi connectivity index (χ4v) is 2.74. The standard InChI is InChI=1S/C14H19BrN2O2/c1-17(14(18)10-5-7-16-8-6-10)12-9-11(15)3-4-13(12)19-2/h3-4,9-10,16H,5-8H2,1-2H3. The molecule has 0 atom stereocenters. The number of amides is 1. The molecule has 1 N–H and O–H groups in total. The van der Waals surface area contributed by atoms with E-state index < -0.39 is 0 Å². The first-order valence-electron chi connectivity index (χ1n) is 6.45. The molecule has 0 radical (unpaired) electrons. The van der Waals surface area contributed by atoms with Crippen molar-refractivity contribution in [2.24, 2.45) is 5.92 Å². The number of carbonyl (C=O) groups is 1. The molecular weight excluding hydrogens is 308 g/mol. The van der Waals surface area contributed by atoms with Crippen LogP contribution in [0.15, 0.2) is 22.7 Å². The van der Waals surface area contributed by atoms with Crippen LogP contribution in [0.25, 0.3) is 0 Å². The summed E-state index contributed by atoms with van der Waals surface area (Å²) in [7, 11) is 3.43. The second-order valence-electron chi connectivity index (χ2n) is 4.74. The number of piperidine rings is 1. The first kappa shape index (κ1) is 14.3. The first-order valence-corrected chi connectivity index (χ1v) is 7.24. The lowest BCUT2D eigenvalue weighted by Gasteiger charge is -2.28. The summed E-state index contributed by atoms with van der Waals surface area (Å²) < 4.78 is 6.27. The lowest BCUT2D eigenvalue weighted by Crippen LogP contribution is -2.39. The van der Waals surface area contributed by atoms with Crippen LogP contribution in [-0.4, -0.2) is 33.2 Å². The predicted molar refractivity (Wildman–Crippen MR) is 79.7 cm³/mol. The van der Waals surface area contributed by atoms with E-state index in [4.69, 9.17) is 4.74 Å². The molecular formula is C14H19BrN2O2. The maximum atomic E-state index is 12.5. The van der Waals surface area contributed by atoms with Gasteiger partial charge in [0, 0.05) is 17.4 Å². The molecule has 0 saturated carbocycles. The molecule has 1 aromatic carbocycles. The summed E-state index contributed by atoms with van der Waals surface area (Å²) in [5.41, 5.74) is 0.806. The molecule has 0 aliphatic carbocycles. The summed E-state index contributed by atoms with van der Waals surface area (Å²) in [5, 5.41) is 3.28. The van der Waals surface area contributed by atoms with Crippen LogP contribution in [0.2, 0.25) is 0 Å². The van der Waals surface area contributed by atoms with E-state index in [2.05, 4.69) is 21.2 Å². The average molecular weight is 327 g/mol. The SMILES string of the molecule is COc1ccc(Br)cc1N(C)C(=O)C1CCNCC1. The number of ether oxygens (including phenoxy) is 1. The molecule has 104 valence electrons. The first-order chi connectivity index (χ1) is 9.13. The number of hydrogen-bond donors (Lipinski definition) is 1. The highest BCUT2D eigenvalue weighted by Gasteiger charge is 2.26. The number of halogens is 1. The Morgan fingerprint density at radius 3 is 2.74 bits per heavy atom. The molecule has 1 aliphatic heterocycles. The third kappa shape index (κ3) is 3.28. The number of benzene rings is 1. The van der Waals surface area contributed by atoms with E-state index in [0.717, 1.165) is 36.1 Å². The minimum absolute atomic E-state index is 0.106. The van der Waals surface area contributed by atoms with Crippen molar-refractivity contribution in [3.05, 3.63) is 22.7 Å². The van der Waals surface area contributed by atoms with Crippen molar-refractivity contribution < 1.29 is 9.53 Å². The minimum atomic E-state index is 0.106. The fraction of sp³-hybridized carbons (Fsp3) is 0.500. The summed E-state index contributed by atoms with van der Waals surface area (Å²) >= 11 is 3.44. The van der Waals surface area contributed by atoms with Gasteiger partial charge in [-0.05, 0) is 44.1 Å². The minimum Gasteiger partial charge on any atom is -0.495 e. The van der Waals surface area contributed by atoms with Gasteiger partial charge in [-0.25, -0.2) is 0 Å². The Morgan fingerprint density at radius 2 is 2.11 bits per heavy atom. The molecule has 0 bridgehead atoms. The van der Waals surface area contributed by atoms with Gasteiger partial charge in [0.15, 0.2) is 0 Å². The Bertz CT molecular complexity index is 459. The fourth-order valence-electron chi connectivity index (χ4n) is 2.39. The number of anilines is 1. The Balaban J connectivity index is 2.20. The van der Waals surface area contributed by atoms with Gasteiger partial charge < -0.3 is 15.0 Å². The molecule has 1 heterocycles. The number of carbonyl (C=O) groups excluding carboxylic acids is 1. The summed E-state index contributed by atoms with van der Waals surface area (Å²) in [6.45, 7) is 1.83. The largest absolute Gasteiger partial charge is 0.495 e. The molecule has 0 aromatic heterocycles. The molecule has 1 aliphatic rings. The Hall–Kier alpha value is -1.07. The Labute approximate surface area is 122 Å². The number of rotatable bonds is 3. The predicted octanol–water partition coefficient (Wildman–Crippen LogP) is 2.42. The molecule has 1 saturated heterocycles. The second kappa shape index (κ2) is 6.39. The number of nitrogens with zero attached hydrogens (tertiary/aromatic N) is 1. The smallest absolute Gasteiger partial charge is 0.230 e. The zero-order valence-corrected chi connectivity index (χ0v) is 12.9. The monoisotopic (exact) mass is 326 g/mol. The number of nitrogens with one attached hydrogen (secondary N) is 1.